The van der Waals surface area contributed by atoms with E-state index in [0.29, 0.717) is 0 Å². The first-order valence-corrected chi connectivity index (χ1v) is 4.56. The molecule has 3 nitrogen and oxygen atoms in total. The van der Waals surface area contributed by atoms with Crippen molar-refractivity contribution in [1.82, 2.24) is 15.0 Å². The quantitative estimate of drug-likeness (QED) is 0.669. The highest BCUT2D eigenvalue weighted by molar-refractivity contribution is 14.1. The van der Waals surface area contributed by atoms with Crippen LogP contribution >= 0.6 is 22.6 Å². The van der Waals surface area contributed by atoms with E-state index in [9.17, 15) is 0 Å². The second-order valence-electron chi connectivity index (χ2n) is 3.60. The third-order valence-corrected chi connectivity index (χ3v) is 2.68. The average molecular weight is 265 g/mol. The van der Waals surface area contributed by atoms with Gasteiger partial charge in [-0.1, -0.05) is 26.0 Å². The lowest BCUT2D eigenvalue weighted by Gasteiger charge is -2.14. The normalized spacial score (nSPS) is 12.1. The van der Waals surface area contributed by atoms with Crippen LogP contribution in [0.5, 0.6) is 0 Å². The van der Waals surface area contributed by atoms with Crippen molar-refractivity contribution < 1.29 is 0 Å². The van der Waals surface area contributed by atoms with Gasteiger partial charge in [0.1, 0.15) is 9.39 Å². The van der Waals surface area contributed by atoms with Crippen LogP contribution in [0, 0.1) is 3.70 Å². The van der Waals surface area contributed by atoms with Crippen molar-refractivity contribution in [1.29, 1.82) is 0 Å². The Hall–Kier alpha value is -0.130. The summed E-state index contributed by atoms with van der Waals surface area (Å²) in [7, 11) is 1.91. The second kappa shape index (κ2) is 2.73. The summed E-state index contributed by atoms with van der Waals surface area (Å²) in [4.78, 5) is 0. The van der Waals surface area contributed by atoms with Crippen LogP contribution in [0.1, 0.15) is 26.5 Å². The first kappa shape index (κ1) is 8.96. The van der Waals surface area contributed by atoms with E-state index in [4.69, 9.17) is 0 Å². The first-order valence-electron chi connectivity index (χ1n) is 3.48. The van der Waals surface area contributed by atoms with Crippen LogP contribution in [0.2, 0.25) is 0 Å². The van der Waals surface area contributed by atoms with Gasteiger partial charge in [-0.15, -0.1) is 5.10 Å². The Balaban J connectivity index is 3.15. The fourth-order valence-corrected chi connectivity index (χ4v) is 1.82. The Labute approximate surface area is 80.3 Å². The second-order valence-corrected chi connectivity index (χ2v) is 4.62. The molecular weight excluding hydrogens is 253 g/mol. The molecule has 1 aromatic heterocycles. The topological polar surface area (TPSA) is 30.7 Å². The van der Waals surface area contributed by atoms with E-state index in [1.54, 1.807) is 4.68 Å². The maximum Gasteiger partial charge on any atom is 0.123 e. The summed E-state index contributed by atoms with van der Waals surface area (Å²) in [5, 5.41) is 8.03. The van der Waals surface area contributed by atoms with Crippen LogP contribution < -0.4 is 0 Å². The van der Waals surface area contributed by atoms with E-state index < -0.39 is 0 Å². The molecular formula is C7H12IN3. The lowest BCUT2D eigenvalue weighted by atomic mass is 9.93. The lowest BCUT2D eigenvalue weighted by Crippen LogP contribution is -2.13. The maximum absolute atomic E-state index is 4.09. The minimum absolute atomic E-state index is 0.102. The van der Waals surface area contributed by atoms with Gasteiger partial charge in [-0.2, -0.15) is 0 Å². The van der Waals surface area contributed by atoms with Crippen LogP contribution in [-0.4, -0.2) is 15.0 Å². The van der Waals surface area contributed by atoms with E-state index in [2.05, 4.69) is 53.7 Å². The van der Waals surface area contributed by atoms with Crippen molar-refractivity contribution in [2.45, 2.75) is 26.2 Å². The predicted octanol–water partition coefficient (Wildman–Crippen LogP) is 1.72. The zero-order valence-electron chi connectivity index (χ0n) is 7.22. The Morgan fingerprint density at radius 3 is 2.09 bits per heavy atom. The van der Waals surface area contributed by atoms with Gasteiger partial charge >= 0.3 is 0 Å². The average Bonchev–Trinajstić information content (AvgIpc) is 2.11. The molecule has 1 heterocycles. The molecule has 0 aromatic carbocycles. The molecule has 0 spiro atoms. The molecule has 0 amide bonds. The van der Waals surface area contributed by atoms with Gasteiger partial charge in [0.05, 0.1) is 0 Å². The Kier molecular flexibility index (Phi) is 2.22. The molecule has 62 valence electrons. The number of hydrogen-bond acceptors (Lipinski definition) is 2. The fourth-order valence-electron chi connectivity index (χ4n) is 0.805. The maximum atomic E-state index is 4.09. The number of aromatic nitrogens is 3. The molecule has 0 atom stereocenters. The van der Waals surface area contributed by atoms with Gasteiger partial charge in [-0.05, 0) is 22.6 Å². The molecule has 1 aromatic rings. The smallest absolute Gasteiger partial charge is 0.123 e. The van der Waals surface area contributed by atoms with Crippen molar-refractivity contribution >= 4 is 22.6 Å². The van der Waals surface area contributed by atoms with Crippen LogP contribution in [0.4, 0.5) is 0 Å². The molecule has 0 unspecified atom stereocenters. The zero-order valence-corrected chi connectivity index (χ0v) is 9.38. The van der Waals surface area contributed by atoms with Crippen LogP contribution in [0.15, 0.2) is 0 Å². The summed E-state index contributed by atoms with van der Waals surface area (Å²) in [6.45, 7) is 6.41. The SMILES string of the molecule is Cn1nnc(C(C)(C)C)c1I. The molecule has 0 aliphatic heterocycles. The highest BCUT2D eigenvalue weighted by Gasteiger charge is 2.21. The molecule has 0 aliphatic carbocycles. The molecule has 0 saturated heterocycles. The Bertz CT molecular complexity index is 259. The van der Waals surface area contributed by atoms with Gasteiger partial charge in [0.15, 0.2) is 0 Å². The van der Waals surface area contributed by atoms with E-state index >= 15 is 0 Å². The monoisotopic (exact) mass is 265 g/mol. The lowest BCUT2D eigenvalue weighted by molar-refractivity contribution is 0.563. The zero-order chi connectivity index (χ0) is 8.65. The summed E-state index contributed by atoms with van der Waals surface area (Å²) in [6, 6.07) is 0. The molecule has 1 rings (SSSR count). The van der Waals surface area contributed by atoms with Crippen LogP contribution in [-0.2, 0) is 12.5 Å². The summed E-state index contributed by atoms with van der Waals surface area (Å²) >= 11 is 2.26. The summed E-state index contributed by atoms with van der Waals surface area (Å²) < 4.78 is 2.91. The largest absolute Gasteiger partial charge is 0.242 e. The Morgan fingerprint density at radius 2 is 1.91 bits per heavy atom. The van der Waals surface area contributed by atoms with Gasteiger partial charge in [0.25, 0.3) is 0 Å². The minimum Gasteiger partial charge on any atom is -0.242 e. The van der Waals surface area contributed by atoms with Crippen molar-refractivity contribution in [3.63, 3.8) is 0 Å². The molecule has 0 N–H and O–H groups in total. The Morgan fingerprint density at radius 1 is 1.36 bits per heavy atom. The van der Waals surface area contributed by atoms with Gasteiger partial charge in [-0.3, -0.25) is 0 Å². The molecule has 0 aliphatic rings. The minimum atomic E-state index is 0.102. The van der Waals surface area contributed by atoms with E-state index in [-0.39, 0.29) is 5.41 Å². The third kappa shape index (κ3) is 1.72. The summed E-state index contributed by atoms with van der Waals surface area (Å²) in [5.74, 6) is 0. The standard InChI is InChI=1S/C7H12IN3/c1-7(2,3)5-6(8)11(4)10-9-5/h1-4H3. The van der Waals surface area contributed by atoms with Gasteiger partial charge in [0.2, 0.25) is 0 Å². The first-order chi connectivity index (χ1) is 4.93. The molecule has 0 radical (unpaired) electrons. The third-order valence-electron chi connectivity index (χ3n) is 1.47. The van der Waals surface area contributed by atoms with Gasteiger partial charge < -0.3 is 0 Å². The number of halogens is 1. The summed E-state index contributed by atoms with van der Waals surface area (Å²) in [6.07, 6.45) is 0. The predicted molar refractivity (Wildman–Crippen MR) is 52.4 cm³/mol. The fraction of sp³-hybridized carbons (Fsp3) is 0.714. The van der Waals surface area contributed by atoms with Crippen molar-refractivity contribution in [2.24, 2.45) is 7.05 Å². The van der Waals surface area contributed by atoms with Crippen LogP contribution in [0.25, 0.3) is 0 Å². The number of hydrogen-bond donors (Lipinski definition) is 0. The van der Waals surface area contributed by atoms with Crippen molar-refractivity contribution in [3.05, 3.63) is 9.39 Å². The molecule has 0 bridgehead atoms. The van der Waals surface area contributed by atoms with E-state index in [1.807, 2.05) is 7.05 Å². The highest BCUT2D eigenvalue weighted by atomic mass is 127. The molecule has 0 saturated carbocycles. The highest BCUT2D eigenvalue weighted by Crippen LogP contribution is 2.23. The van der Waals surface area contributed by atoms with Crippen molar-refractivity contribution in [3.8, 4) is 0 Å². The number of nitrogens with zero attached hydrogens (tertiary/aromatic N) is 3. The van der Waals surface area contributed by atoms with E-state index in [1.165, 1.54) is 0 Å². The molecule has 0 fully saturated rings. The number of rotatable bonds is 0. The van der Waals surface area contributed by atoms with Gasteiger partial charge in [-0.25, -0.2) is 4.68 Å². The molecule has 4 heteroatoms. The number of aryl methyl sites for hydroxylation is 1. The van der Waals surface area contributed by atoms with E-state index in [0.717, 1.165) is 9.39 Å². The molecule has 11 heavy (non-hydrogen) atoms. The summed E-state index contributed by atoms with van der Waals surface area (Å²) in [5.41, 5.74) is 1.17. The van der Waals surface area contributed by atoms with Gasteiger partial charge in [0, 0.05) is 12.5 Å². The van der Waals surface area contributed by atoms with Crippen molar-refractivity contribution in [2.75, 3.05) is 0 Å². The van der Waals surface area contributed by atoms with Crippen LogP contribution in [0.3, 0.4) is 0 Å².